The Balaban J connectivity index is 1.79. The minimum absolute atomic E-state index is 0.147. The van der Waals surface area contributed by atoms with E-state index in [-0.39, 0.29) is 10.7 Å². The molecule has 1 heterocycles. The minimum atomic E-state index is -3.72. The molecular formula is C21H23N3O3S. The number of methoxy groups -OCH3 is 1. The molecule has 0 bridgehead atoms. The monoisotopic (exact) mass is 397 g/mol. The fourth-order valence-electron chi connectivity index (χ4n) is 2.87. The highest BCUT2D eigenvalue weighted by Gasteiger charge is 2.15. The molecule has 0 amide bonds. The summed E-state index contributed by atoms with van der Waals surface area (Å²) in [6.07, 6.45) is 1.66. The Morgan fingerprint density at radius 2 is 1.79 bits per heavy atom. The van der Waals surface area contributed by atoms with E-state index in [1.807, 2.05) is 31.2 Å². The van der Waals surface area contributed by atoms with Gasteiger partial charge in [-0.3, -0.25) is 4.72 Å². The second-order valence-electron chi connectivity index (χ2n) is 6.27. The molecule has 0 atom stereocenters. The van der Waals surface area contributed by atoms with Crippen molar-refractivity contribution in [1.82, 2.24) is 4.98 Å². The minimum Gasteiger partial charge on any atom is -0.497 e. The maximum Gasteiger partial charge on any atom is 0.263 e. The molecule has 0 unspecified atom stereocenters. The number of benzene rings is 2. The molecule has 2 aromatic carbocycles. The van der Waals surface area contributed by atoms with Gasteiger partial charge in [0.2, 0.25) is 0 Å². The smallest absolute Gasteiger partial charge is 0.263 e. The molecule has 0 spiro atoms. The lowest BCUT2D eigenvalue weighted by molar-refractivity contribution is 0.414. The predicted octanol–water partition coefficient (Wildman–Crippen LogP) is 4.36. The van der Waals surface area contributed by atoms with Crippen molar-refractivity contribution in [2.24, 2.45) is 0 Å². The van der Waals surface area contributed by atoms with Gasteiger partial charge in [-0.05, 0) is 67.9 Å². The molecule has 0 radical (unpaired) electrons. The Morgan fingerprint density at radius 1 is 1.04 bits per heavy atom. The van der Waals surface area contributed by atoms with Crippen LogP contribution in [0.5, 0.6) is 5.75 Å². The molecule has 28 heavy (non-hydrogen) atoms. The Hall–Kier alpha value is -3.06. The molecule has 0 saturated carbocycles. The van der Waals surface area contributed by atoms with E-state index < -0.39 is 10.0 Å². The van der Waals surface area contributed by atoms with Crippen LogP contribution >= 0.6 is 0 Å². The number of sulfonamides is 1. The van der Waals surface area contributed by atoms with Gasteiger partial charge in [-0.1, -0.05) is 12.1 Å². The normalized spacial score (nSPS) is 11.1. The van der Waals surface area contributed by atoms with Crippen molar-refractivity contribution in [1.29, 1.82) is 0 Å². The average Bonchev–Trinajstić information content (AvgIpc) is 2.70. The van der Waals surface area contributed by atoms with Crippen molar-refractivity contribution in [3.05, 3.63) is 72.4 Å². The molecule has 7 heteroatoms. The number of aromatic nitrogens is 1. The van der Waals surface area contributed by atoms with Crippen LogP contribution in [0, 0.1) is 6.92 Å². The number of nitrogens with zero attached hydrogens (tertiary/aromatic N) is 2. The lowest BCUT2D eigenvalue weighted by Crippen LogP contribution is -2.17. The average molecular weight is 398 g/mol. The van der Waals surface area contributed by atoms with Gasteiger partial charge in [0.25, 0.3) is 10.0 Å². The maximum atomic E-state index is 12.5. The summed E-state index contributed by atoms with van der Waals surface area (Å²) in [5.41, 5.74) is 3.13. The van der Waals surface area contributed by atoms with E-state index in [4.69, 9.17) is 4.74 Å². The Labute approximate surface area is 165 Å². The topological polar surface area (TPSA) is 71.5 Å². The molecule has 3 aromatic rings. The van der Waals surface area contributed by atoms with Crippen molar-refractivity contribution in [2.75, 3.05) is 23.3 Å². The first-order valence-electron chi connectivity index (χ1n) is 8.90. The molecule has 0 aliphatic rings. The summed E-state index contributed by atoms with van der Waals surface area (Å²) in [6.45, 7) is 4.87. The number of hydrogen-bond donors (Lipinski definition) is 1. The maximum absolute atomic E-state index is 12.5. The molecule has 0 saturated heterocycles. The van der Waals surface area contributed by atoms with Crippen LogP contribution < -0.4 is 14.4 Å². The zero-order valence-corrected chi connectivity index (χ0v) is 16.9. The van der Waals surface area contributed by atoms with Crippen LogP contribution in [0.2, 0.25) is 0 Å². The van der Waals surface area contributed by atoms with Gasteiger partial charge in [-0.25, -0.2) is 13.4 Å². The third-order valence-electron chi connectivity index (χ3n) is 4.30. The quantitative estimate of drug-likeness (QED) is 0.641. The van der Waals surface area contributed by atoms with Crippen molar-refractivity contribution in [3.63, 3.8) is 0 Å². The van der Waals surface area contributed by atoms with E-state index in [9.17, 15) is 8.42 Å². The highest BCUT2D eigenvalue weighted by atomic mass is 32.2. The first-order chi connectivity index (χ1) is 13.4. The van der Waals surface area contributed by atoms with Gasteiger partial charge in [-0.15, -0.1) is 0 Å². The highest BCUT2D eigenvalue weighted by molar-refractivity contribution is 7.92. The Morgan fingerprint density at radius 3 is 2.36 bits per heavy atom. The second kappa shape index (κ2) is 8.31. The number of ether oxygens (including phenoxy) is 1. The Bertz CT molecular complexity index is 1030. The van der Waals surface area contributed by atoms with Gasteiger partial charge >= 0.3 is 0 Å². The summed E-state index contributed by atoms with van der Waals surface area (Å²) in [7, 11) is -2.19. The number of rotatable bonds is 7. The SMILES string of the molecule is CCN(c1ccc(NS(=O)(=O)c2ccc(OC)cc2)nc1)c1cccc(C)c1. The van der Waals surface area contributed by atoms with Crippen LogP contribution in [-0.4, -0.2) is 27.1 Å². The summed E-state index contributed by atoms with van der Waals surface area (Å²) in [4.78, 5) is 6.54. The second-order valence-corrected chi connectivity index (χ2v) is 7.95. The van der Waals surface area contributed by atoms with Gasteiger partial charge in [-0.2, -0.15) is 0 Å². The lowest BCUT2D eigenvalue weighted by Gasteiger charge is -2.23. The standard InChI is InChI=1S/C21H23N3O3S/c1-4-24(17-7-5-6-16(2)14-17)18-8-13-21(22-15-18)23-28(25,26)20-11-9-19(27-3)10-12-20/h5-15H,4H2,1-3H3,(H,22,23). The summed E-state index contributed by atoms with van der Waals surface area (Å²) < 4.78 is 32.6. The fourth-order valence-corrected chi connectivity index (χ4v) is 3.88. The van der Waals surface area contributed by atoms with Gasteiger partial charge in [0, 0.05) is 12.2 Å². The predicted molar refractivity (Wildman–Crippen MR) is 112 cm³/mol. The van der Waals surface area contributed by atoms with Crippen molar-refractivity contribution >= 4 is 27.2 Å². The van der Waals surface area contributed by atoms with Crippen LogP contribution in [0.3, 0.4) is 0 Å². The number of nitrogens with one attached hydrogen (secondary N) is 1. The molecule has 1 aromatic heterocycles. The number of pyridine rings is 1. The van der Waals surface area contributed by atoms with Crippen LogP contribution in [0.4, 0.5) is 17.2 Å². The largest absolute Gasteiger partial charge is 0.497 e. The Kier molecular flexibility index (Phi) is 5.84. The molecule has 1 N–H and O–H groups in total. The first kappa shape index (κ1) is 19.7. The molecule has 3 rings (SSSR count). The number of anilines is 3. The van der Waals surface area contributed by atoms with Crippen LogP contribution in [0.1, 0.15) is 12.5 Å². The molecule has 6 nitrogen and oxygen atoms in total. The molecule has 0 fully saturated rings. The zero-order valence-electron chi connectivity index (χ0n) is 16.1. The van der Waals surface area contributed by atoms with Crippen molar-refractivity contribution in [2.45, 2.75) is 18.7 Å². The van der Waals surface area contributed by atoms with E-state index in [0.29, 0.717) is 5.75 Å². The van der Waals surface area contributed by atoms with Crippen LogP contribution in [0.15, 0.2) is 71.8 Å². The molecule has 0 aliphatic heterocycles. The van der Waals surface area contributed by atoms with E-state index >= 15 is 0 Å². The van der Waals surface area contributed by atoms with Gasteiger partial charge < -0.3 is 9.64 Å². The van der Waals surface area contributed by atoms with E-state index in [2.05, 4.69) is 27.6 Å². The van der Waals surface area contributed by atoms with Gasteiger partial charge in [0.05, 0.1) is 23.9 Å². The van der Waals surface area contributed by atoms with Crippen molar-refractivity contribution in [3.8, 4) is 5.75 Å². The van der Waals surface area contributed by atoms with E-state index in [0.717, 1.165) is 17.9 Å². The lowest BCUT2D eigenvalue weighted by atomic mass is 10.2. The van der Waals surface area contributed by atoms with Gasteiger partial charge in [0.15, 0.2) is 0 Å². The van der Waals surface area contributed by atoms with E-state index in [1.54, 1.807) is 24.4 Å². The molecule has 0 aliphatic carbocycles. The molecular weight excluding hydrogens is 374 g/mol. The van der Waals surface area contributed by atoms with Crippen LogP contribution in [0.25, 0.3) is 0 Å². The highest BCUT2D eigenvalue weighted by Crippen LogP contribution is 2.26. The first-order valence-corrected chi connectivity index (χ1v) is 10.4. The third-order valence-corrected chi connectivity index (χ3v) is 5.67. The van der Waals surface area contributed by atoms with Crippen molar-refractivity contribution < 1.29 is 13.2 Å². The summed E-state index contributed by atoms with van der Waals surface area (Å²) in [6, 6.07) is 17.9. The summed E-state index contributed by atoms with van der Waals surface area (Å²) >= 11 is 0. The van der Waals surface area contributed by atoms with Gasteiger partial charge in [0.1, 0.15) is 11.6 Å². The third kappa shape index (κ3) is 4.43. The summed E-state index contributed by atoms with van der Waals surface area (Å²) in [5, 5.41) is 0. The fraction of sp³-hybridized carbons (Fsp3) is 0.190. The van der Waals surface area contributed by atoms with Crippen LogP contribution in [-0.2, 0) is 10.0 Å². The number of aryl methyl sites for hydroxylation is 1. The number of hydrogen-bond acceptors (Lipinski definition) is 5. The van der Waals surface area contributed by atoms with E-state index in [1.165, 1.54) is 24.8 Å². The zero-order chi connectivity index (χ0) is 20.1. The molecule has 146 valence electrons. The summed E-state index contributed by atoms with van der Waals surface area (Å²) in [5.74, 6) is 0.858.